The van der Waals surface area contributed by atoms with Gasteiger partial charge in [-0.2, -0.15) is 0 Å². The van der Waals surface area contributed by atoms with Crippen LogP contribution in [0.4, 0.5) is 0 Å². The lowest BCUT2D eigenvalue weighted by molar-refractivity contribution is 0.458. The summed E-state index contributed by atoms with van der Waals surface area (Å²) in [6.07, 6.45) is 0. The third-order valence-electron chi connectivity index (χ3n) is 1.37. The van der Waals surface area contributed by atoms with Crippen molar-refractivity contribution in [2.24, 2.45) is 0 Å². The van der Waals surface area contributed by atoms with Crippen molar-refractivity contribution in [1.29, 1.82) is 0 Å². The predicted octanol–water partition coefficient (Wildman–Crippen LogP) is 4.05. The fourth-order valence-corrected chi connectivity index (χ4v) is 2.42. The topological polar surface area (TPSA) is 20.2 Å². The normalized spacial score (nSPS) is 11.7. The highest BCUT2D eigenvalue weighted by Crippen LogP contribution is 2.40. The standard InChI is InChI=1S/C10H13BrOS/c1-10(2,3)13-8-6-4-5-7(11)9(8)12/h4-6,12H,1-3H3. The van der Waals surface area contributed by atoms with Gasteiger partial charge in [-0.1, -0.05) is 26.8 Å². The van der Waals surface area contributed by atoms with Crippen molar-refractivity contribution >= 4 is 27.7 Å². The monoisotopic (exact) mass is 260 g/mol. The minimum Gasteiger partial charge on any atom is -0.506 e. The maximum absolute atomic E-state index is 9.69. The molecule has 0 spiro atoms. The van der Waals surface area contributed by atoms with Gasteiger partial charge in [0.1, 0.15) is 5.75 Å². The van der Waals surface area contributed by atoms with Crippen molar-refractivity contribution < 1.29 is 5.11 Å². The van der Waals surface area contributed by atoms with Crippen molar-refractivity contribution in [3.8, 4) is 5.75 Å². The Morgan fingerprint density at radius 2 is 1.92 bits per heavy atom. The number of aromatic hydroxyl groups is 1. The first kappa shape index (κ1) is 10.9. The summed E-state index contributed by atoms with van der Waals surface area (Å²) < 4.78 is 0.875. The molecule has 0 saturated heterocycles. The van der Waals surface area contributed by atoms with Gasteiger partial charge in [0.25, 0.3) is 0 Å². The smallest absolute Gasteiger partial charge is 0.143 e. The van der Waals surface area contributed by atoms with Crippen LogP contribution in [-0.2, 0) is 0 Å². The fourth-order valence-electron chi connectivity index (χ4n) is 0.908. The minimum atomic E-state index is 0.123. The lowest BCUT2D eigenvalue weighted by atomic mass is 10.3. The molecule has 1 nitrogen and oxygen atoms in total. The van der Waals surface area contributed by atoms with Gasteiger partial charge in [0, 0.05) is 4.75 Å². The van der Waals surface area contributed by atoms with E-state index in [2.05, 4.69) is 36.7 Å². The molecule has 0 bridgehead atoms. The molecule has 0 heterocycles. The van der Waals surface area contributed by atoms with E-state index >= 15 is 0 Å². The lowest BCUT2D eigenvalue weighted by Crippen LogP contribution is -2.06. The van der Waals surface area contributed by atoms with E-state index in [4.69, 9.17) is 0 Å². The van der Waals surface area contributed by atoms with Gasteiger partial charge >= 0.3 is 0 Å². The highest BCUT2D eigenvalue weighted by molar-refractivity contribution is 9.10. The van der Waals surface area contributed by atoms with Crippen LogP contribution < -0.4 is 0 Å². The van der Waals surface area contributed by atoms with E-state index in [1.54, 1.807) is 11.8 Å². The van der Waals surface area contributed by atoms with E-state index in [1.165, 1.54) is 0 Å². The molecular formula is C10H13BrOS. The Labute approximate surface area is 91.7 Å². The van der Waals surface area contributed by atoms with Gasteiger partial charge in [-0.15, -0.1) is 11.8 Å². The van der Waals surface area contributed by atoms with Crippen LogP contribution in [0.1, 0.15) is 20.8 Å². The summed E-state index contributed by atoms with van der Waals surface area (Å²) in [7, 11) is 0. The fraction of sp³-hybridized carbons (Fsp3) is 0.400. The Bertz CT molecular complexity index is 304. The van der Waals surface area contributed by atoms with E-state index in [9.17, 15) is 5.11 Å². The largest absolute Gasteiger partial charge is 0.506 e. The highest BCUT2D eigenvalue weighted by Gasteiger charge is 2.15. The van der Waals surface area contributed by atoms with Crippen molar-refractivity contribution in [1.82, 2.24) is 0 Å². The first-order valence-electron chi connectivity index (χ1n) is 4.06. The number of rotatable bonds is 1. The molecule has 0 amide bonds. The Kier molecular flexibility index (Phi) is 3.30. The Hall–Kier alpha value is -0.150. The third kappa shape index (κ3) is 3.24. The van der Waals surface area contributed by atoms with Crippen molar-refractivity contribution in [2.75, 3.05) is 0 Å². The van der Waals surface area contributed by atoms with Crippen LogP contribution in [0.25, 0.3) is 0 Å². The van der Waals surface area contributed by atoms with Crippen LogP contribution in [0, 0.1) is 0 Å². The van der Waals surface area contributed by atoms with Gasteiger partial charge in [-0.05, 0) is 28.1 Å². The summed E-state index contributed by atoms with van der Waals surface area (Å²) in [5, 5.41) is 9.69. The second kappa shape index (κ2) is 3.93. The van der Waals surface area contributed by atoms with Crippen molar-refractivity contribution in [3.05, 3.63) is 22.7 Å². The molecule has 0 atom stereocenters. The summed E-state index contributed by atoms with van der Waals surface area (Å²) in [6.45, 7) is 6.37. The molecule has 1 aromatic rings. The molecule has 1 aromatic carbocycles. The van der Waals surface area contributed by atoms with E-state index in [0.717, 1.165) is 9.37 Å². The molecule has 13 heavy (non-hydrogen) atoms. The van der Waals surface area contributed by atoms with Gasteiger partial charge < -0.3 is 5.11 Å². The summed E-state index contributed by atoms with van der Waals surface area (Å²) in [4.78, 5) is 0.918. The van der Waals surface area contributed by atoms with Crippen LogP contribution in [0.15, 0.2) is 27.6 Å². The maximum Gasteiger partial charge on any atom is 0.143 e. The lowest BCUT2D eigenvalue weighted by Gasteiger charge is -2.18. The quantitative estimate of drug-likeness (QED) is 0.770. The van der Waals surface area contributed by atoms with Gasteiger partial charge in [0.2, 0.25) is 0 Å². The first-order valence-corrected chi connectivity index (χ1v) is 5.67. The average molecular weight is 261 g/mol. The number of benzene rings is 1. The zero-order chi connectivity index (χ0) is 10.1. The molecule has 3 heteroatoms. The number of halogens is 1. The van der Waals surface area contributed by atoms with E-state index in [0.29, 0.717) is 5.75 Å². The number of hydrogen-bond donors (Lipinski definition) is 1. The average Bonchev–Trinajstić information content (AvgIpc) is 1.96. The molecular weight excluding hydrogens is 248 g/mol. The maximum atomic E-state index is 9.69. The molecule has 1 rings (SSSR count). The molecule has 0 saturated carbocycles. The van der Waals surface area contributed by atoms with Crippen LogP contribution in [0.2, 0.25) is 0 Å². The molecule has 0 aliphatic carbocycles. The second-order valence-corrected chi connectivity index (χ2v) is 6.52. The molecule has 0 radical (unpaired) electrons. The molecule has 0 aliphatic heterocycles. The molecule has 0 aromatic heterocycles. The molecule has 0 fully saturated rings. The Morgan fingerprint density at radius 3 is 2.46 bits per heavy atom. The van der Waals surface area contributed by atoms with Crippen LogP contribution >= 0.6 is 27.7 Å². The van der Waals surface area contributed by atoms with Gasteiger partial charge in [0.05, 0.1) is 9.37 Å². The van der Waals surface area contributed by atoms with Crippen LogP contribution in [0.5, 0.6) is 5.75 Å². The van der Waals surface area contributed by atoms with Gasteiger partial charge in [0.15, 0.2) is 0 Å². The summed E-state index contributed by atoms with van der Waals surface area (Å²) in [5.41, 5.74) is 0. The van der Waals surface area contributed by atoms with Crippen molar-refractivity contribution in [3.63, 3.8) is 0 Å². The van der Waals surface area contributed by atoms with Crippen LogP contribution in [-0.4, -0.2) is 9.85 Å². The molecule has 0 aliphatic rings. The molecule has 72 valence electrons. The highest BCUT2D eigenvalue weighted by atomic mass is 79.9. The van der Waals surface area contributed by atoms with E-state index in [1.807, 2.05) is 18.2 Å². The Morgan fingerprint density at radius 1 is 1.31 bits per heavy atom. The molecule has 0 unspecified atom stereocenters. The predicted molar refractivity (Wildman–Crippen MR) is 61.4 cm³/mol. The second-order valence-electron chi connectivity index (χ2n) is 3.80. The van der Waals surface area contributed by atoms with Crippen LogP contribution in [0.3, 0.4) is 0 Å². The van der Waals surface area contributed by atoms with Gasteiger partial charge in [-0.25, -0.2) is 0 Å². The number of thioether (sulfide) groups is 1. The zero-order valence-corrected chi connectivity index (χ0v) is 10.4. The number of phenolic OH excluding ortho intramolecular Hbond substituents is 1. The van der Waals surface area contributed by atoms with Crippen molar-refractivity contribution in [2.45, 2.75) is 30.4 Å². The first-order chi connectivity index (χ1) is 5.90. The summed E-state index contributed by atoms with van der Waals surface area (Å²) >= 11 is 4.95. The Balaban J connectivity index is 2.96. The SMILES string of the molecule is CC(C)(C)Sc1cccc(Br)c1O. The minimum absolute atomic E-state index is 0.123. The molecule has 1 N–H and O–H groups in total. The zero-order valence-electron chi connectivity index (χ0n) is 7.97. The summed E-state index contributed by atoms with van der Waals surface area (Å²) in [5.74, 6) is 0.336. The number of para-hydroxylation sites is 1. The number of phenols is 1. The van der Waals surface area contributed by atoms with Gasteiger partial charge in [-0.3, -0.25) is 0 Å². The van der Waals surface area contributed by atoms with E-state index < -0.39 is 0 Å². The van der Waals surface area contributed by atoms with E-state index in [-0.39, 0.29) is 4.75 Å². The third-order valence-corrected chi connectivity index (χ3v) is 3.17. The number of hydrogen-bond acceptors (Lipinski definition) is 2. The summed E-state index contributed by atoms with van der Waals surface area (Å²) in [6, 6.07) is 5.69.